The molecule has 1 aromatic heterocycles. The van der Waals surface area contributed by atoms with E-state index in [1.807, 2.05) is 30.0 Å². The molecule has 2 heterocycles. The molecular weight excluding hydrogens is 380 g/mol. The summed E-state index contributed by atoms with van der Waals surface area (Å²) in [4.78, 5) is 19.0. The molecule has 2 aromatic rings. The second-order valence-electron chi connectivity index (χ2n) is 8.69. The number of nitrogens with zero attached hydrogens (tertiary/aromatic N) is 3. The van der Waals surface area contributed by atoms with E-state index in [1.165, 1.54) is 31.2 Å². The normalized spacial score (nSPS) is 19.5. The van der Waals surface area contributed by atoms with Crippen molar-refractivity contribution in [2.24, 2.45) is 5.92 Å². The Kier molecular flexibility index (Phi) is 6.67. The molecule has 2 aliphatic rings. The van der Waals surface area contributed by atoms with Gasteiger partial charge in [0.15, 0.2) is 5.82 Å². The Morgan fingerprint density at radius 1 is 1.23 bits per heavy atom. The van der Waals surface area contributed by atoms with Crippen LogP contribution in [0.4, 0.5) is 10.5 Å². The Hall–Kier alpha value is -2.41. The van der Waals surface area contributed by atoms with E-state index in [4.69, 9.17) is 9.26 Å². The lowest BCUT2D eigenvalue weighted by atomic mass is 10.1. The van der Waals surface area contributed by atoms with Crippen LogP contribution in [0.15, 0.2) is 22.7 Å². The summed E-state index contributed by atoms with van der Waals surface area (Å²) in [5, 5.41) is 7.09. The fourth-order valence-electron chi connectivity index (χ4n) is 4.29. The second-order valence-corrected chi connectivity index (χ2v) is 8.69. The molecule has 4 rings (SSSR count). The first-order valence-corrected chi connectivity index (χ1v) is 11.1. The van der Waals surface area contributed by atoms with Gasteiger partial charge in [-0.25, -0.2) is 4.79 Å². The predicted octanol–water partition coefficient (Wildman–Crippen LogP) is 4.46. The molecule has 30 heavy (non-hydrogen) atoms. The van der Waals surface area contributed by atoms with Gasteiger partial charge in [0.25, 0.3) is 0 Å². The second kappa shape index (κ2) is 9.60. The van der Waals surface area contributed by atoms with Crippen molar-refractivity contribution in [2.45, 2.75) is 58.3 Å². The van der Waals surface area contributed by atoms with Gasteiger partial charge >= 0.3 is 6.03 Å². The molecule has 1 aliphatic carbocycles. The van der Waals surface area contributed by atoms with Crippen LogP contribution in [0, 0.1) is 19.8 Å². The number of carbonyl (C=O) groups is 1. The topological polar surface area (TPSA) is 80.5 Å². The largest absolute Gasteiger partial charge is 0.381 e. The zero-order chi connectivity index (χ0) is 20.9. The maximum Gasteiger partial charge on any atom is 0.321 e. The number of amides is 2. The summed E-state index contributed by atoms with van der Waals surface area (Å²) in [5.41, 5.74) is 3.20. The smallest absolute Gasteiger partial charge is 0.321 e. The van der Waals surface area contributed by atoms with Gasteiger partial charge in [-0.2, -0.15) is 4.98 Å². The molecule has 1 atom stereocenters. The first kappa shape index (κ1) is 20.8. The number of hydrogen-bond donors (Lipinski definition) is 1. The minimum absolute atomic E-state index is 0.0826. The molecule has 0 radical (unpaired) electrons. The summed E-state index contributed by atoms with van der Waals surface area (Å²) in [6.07, 6.45) is 6.76. The number of hydrogen-bond acceptors (Lipinski definition) is 5. The lowest BCUT2D eigenvalue weighted by Crippen LogP contribution is -2.32. The lowest BCUT2D eigenvalue weighted by Gasteiger charge is -2.17. The van der Waals surface area contributed by atoms with E-state index < -0.39 is 0 Å². The average molecular weight is 413 g/mol. The van der Waals surface area contributed by atoms with Crippen LogP contribution in [-0.4, -0.2) is 47.4 Å². The third-order valence-electron chi connectivity index (χ3n) is 6.36. The molecule has 1 aliphatic heterocycles. The van der Waals surface area contributed by atoms with Gasteiger partial charge in [0.2, 0.25) is 5.89 Å². The Morgan fingerprint density at radius 2 is 2.07 bits per heavy atom. The average Bonchev–Trinajstić information content (AvgIpc) is 3.49. The van der Waals surface area contributed by atoms with Gasteiger partial charge in [-0.1, -0.05) is 24.1 Å². The van der Waals surface area contributed by atoms with Crippen molar-refractivity contribution >= 4 is 11.7 Å². The Bertz CT molecular complexity index is 860. The summed E-state index contributed by atoms with van der Waals surface area (Å²) < 4.78 is 11.3. The third kappa shape index (κ3) is 5.19. The zero-order valence-electron chi connectivity index (χ0n) is 18.0. The van der Waals surface area contributed by atoms with Crippen molar-refractivity contribution in [1.82, 2.24) is 15.0 Å². The number of carbonyl (C=O) groups excluding carboxylic acids is 1. The highest BCUT2D eigenvalue weighted by atomic mass is 16.5. The monoisotopic (exact) mass is 412 g/mol. The third-order valence-corrected chi connectivity index (χ3v) is 6.36. The number of aryl methyl sites for hydroxylation is 2. The Morgan fingerprint density at radius 3 is 2.87 bits per heavy atom. The van der Waals surface area contributed by atoms with Gasteiger partial charge < -0.3 is 19.5 Å². The number of likely N-dealkylation sites (tertiary alicyclic amines) is 1. The molecule has 1 saturated carbocycles. The SMILES string of the molecule is Cc1ccc(NC(=O)N2CCC(c3nc(CCOCC4CCCC4)no3)C2)cc1C. The molecule has 2 fully saturated rings. The first-order valence-electron chi connectivity index (χ1n) is 11.1. The summed E-state index contributed by atoms with van der Waals surface area (Å²) in [6.45, 7) is 6.86. The van der Waals surface area contributed by atoms with Gasteiger partial charge in [-0.3, -0.25) is 0 Å². The maximum absolute atomic E-state index is 12.6. The minimum atomic E-state index is -0.0826. The van der Waals surface area contributed by atoms with Gasteiger partial charge in [0.1, 0.15) is 0 Å². The van der Waals surface area contributed by atoms with Gasteiger partial charge in [0, 0.05) is 31.8 Å². The van der Waals surface area contributed by atoms with E-state index in [1.54, 1.807) is 0 Å². The lowest BCUT2D eigenvalue weighted by molar-refractivity contribution is 0.102. The number of anilines is 1. The summed E-state index contributed by atoms with van der Waals surface area (Å²) in [7, 11) is 0. The quantitative estimate of drug-likeness (QED) is 0.679. The van der Waals surface area contributed by atoms with E-state index in [9.17, 15) is 4.79 Å². The van der Waals surface area contributed by atoms with Crippen molar-refractivity contribution in [3.05, 3.63) is 41.0 Å². The van der Waals surface area contributed by atoms with Gasteiger partial charge in [-0.05, 0) is 62.3 Å². The molecule has 1 aromatic carbocycles. The molecule has 1 N–H and O–H groups in total. The van der Waals surface area contributed by atoms with Crippen LogP contribution >= 0.6 is 0 Å². The molecule has 2 amide bonds. The molecule has 7 heteroatoms. The van der Waals surface area contributed by atoms with Crippen molar-refractivity contribution < 1.29 is 14.1 Å². The standard InChI is InChI=1S/C23H32N4O3/c1-16-7-8-20(13-17(16)2)24-23(28)27-11-9-19(14-27)22-25-21(26-30-22)10-12-29-15-18-5-3-4-6-18/h7-8,13,18-19H,3-6,9-12,14-15H2,1-2H3,(H,24,28). The number of benzene rings is 1. The van der Waals surface area contributed by atoms with Crippen molar-refractivity contribution in [2.75, 3.05) is 31.6 Å². The van der Waals surface area contributed by atoms with Crippen LogP contribution in [0.3, 0.4) is 0 Å². The molecule has 162 valence electrons. The summed E-state index contributed by atoms with van der Waals surface area (Å²) >= 11 is 0. The molecule has 1 unspecified atom stereocenters. The first-order chi connectivity index (χ1) is 14.6. The highest BCUT2D eigenvalue weighted by Crippen LogP contribution is 2.27. The van der Waals surface area contributed by atoms with Crippen LogP contribution in [0.5, 0.6) is 0 Å². The molecule has 0 spiro atoms. The van der Waals surface area contributed by atoms with Gasteiger partial charge in [0.05, 0.1) is 12.5 Å². The van der Waals surface area contributed by atoms with Gasteiger partial charge in [-0.15, -0.1) is 0 Å². The predicted molar refractivity (Wildman–Crippen MR) is 115 cm³/mol. The molecular formula is C23H32N4O3. The fourth-order valence-corrected chi connectivity index (χ4v) is 4.29. The van der Waals surface area contributed by atoms with E-state index in [-0.39, 0.29) is 11.9 Å². The number of urea groups is 1. The van der Waals surface area contributed by atoms with Crippen molar-refractivity contribution in [3.63, 3.8) is 0 Å². The Labute approximate surface area is 178 Å². The zero-order valence-corrected chi connectivity index (χ0v) is 18.0. The number of ether oxygens (including phenoxy) is 1. The van der Waals surface area contributed by atoms with Crippen LogP contribution in [0.2, 0.25) is 0 Å². The molecule has 1 saturated heterocycles. The fraction of sp³-hybridized carbons (Fsp3) is 0.609. The highest BCUT2D eigenvalue weighted by molar-refractivity contribution is 5.89. The minimum Gasteiger partial charge on any atom is -0.381 e. The highest BCUT2D eigenvalue weighted by Gasteiger charge is 2.31. The van der Waals surface area contributed by atoms with E-state index in [0.29, 0.717) is 37.8 Å². The van der Waals surface area contributed by atoms with E-state index in [0.717, 1.165) is 30.2 Å². The van der Waals surface area contributed by atoms with Crippen LogP contribution in [-0.2, 0) is 11.2 Å². The van der Waals surface area contributed by atoms with Crippen molar-refractivity contribution in [1.29, 1.82) is 0 Å². The van der Waals surface area contributed by atoms with E-state index >= 15 is 0 Å². The summed E-state index contributed by atoms with van der Waals surface area (Å²) in [6, 6.07) is 5.88. The Balaban J connectivity index is 1.23. The van der Waals surface area contributed by atoms with Crippen LogP contribution in [0.25, 0.3) is 0 Å². The number of nitrogens with one attached hydrogen (secondary N) is 1. The van der Waals surface area contributed by atoms with E-state index in [2.05, 4.69) is 22.4 Å². The summed E-state index contributed by atoms with van der Waals surface area (Å²) in [5.74, 6) is 2.14. The number of rotatable bonds is 7. The molecule has 7 nitrogen and oxygen atoms in total. The number of aromatic nitrogens is 2. The van der Waals surface area contributed by atoms with Crippen LogP contribution < -0.4 is 5.32 Å². The molecule has 0 bridgehead atoms. The van der Waals surface area contributed by atoms with Crippen molar-refractivity contribution in [3.8, 4) is 0 Å². The maximum atomic E-state index is 12.6. The van der Waals surface area contributed by atoms with Crippen LogP contribution in [0.1, 0.15) is 60.9 Å².